The monoisotopic (exact) mass is 401 g/mol. The minimum absolute atomic E-state index is 0.0801. The summed E-state index contributed by atoms with van der Waals surface area (Å²) in [6.45, 7) is 2.50. The van der Waals surface area contributed by atoms with Crippen LogP contribution >= 0.6 is 11.3 Å². The number of nitrogens with zero attached hydrogens (tertiary/aromatic N) is 3. The third-order valence-corrected chi connectivity index (χ3v) is 5.00. The first-order valence-corrected chi connectivity index (χ1v) is 8.57. The number of halogens is 3. The first-order chi connectivity index (χ1) is 12.6. The highest BCUT2D eigenvalue weighted by Gasteiger charge is 2.33. The predicted octanol–water partition coefficient (Wildman–Crippen LogP) is 3.49. The molecule has 1 aliphatic rings. The van der Waals surface area contributed by atoms with E-state index < -0.39 is 12.3 Å². The summed E-state index contributed by atoms with van der Waals surface area (Å²) < 4.78 is 40.4. The summed E-state index contributed by atoms with van der Waals surface area (Å²) in [5.74, 6) is -1.43. The van der Waals surface area contributed by atoms with Crippen LogP contribution in [0.5, 0.6) is 5.75 Å². The lowest BCUT2D eigenvalue weighted by Gasteiger charge is -2.17. The Hall–Kier alpha value is -2.82. The van der Waals surface area contributed by atoms with Crippen LogP contribution in [0.4, 0.5) is 23.1 Å². The number of ether oxygens (including phenoxy) is 1. The number of hydrogen-bond acceptors (Lipinski definition) is 5. The molecule has 2 heterocycles. The Labute approximate surface area is 155 Å². The van der Waals surface area contributed by atoms with Crippen molar-refractivity contribution in [3.63, 3.8) is 0 Å². The highest BCUT2D eigenvalue weighted by atomic mass is 32.1. The molecular formula is C16H14F3N3O4S. The largest absolute Gasteiger partial charge is 0.573 e. The number of aromatic nitrogens is 1. The Kier molecular flexibility index (Phi) is 4.96. The van der Waals surface area contributed by atoms with Crippen LogP contribution in [-0.4, -0.2) is 46.4 Å². The van der Waals surface area contributed by atoms with Gasteiger partial charge in [0.05, 0.1) is 5.69 Å². The van der Waals surface area contributed by atoms with E-state index in [0.29, 0.717) is 29.5 Å². The van der Waals surface area contributed by atoms with E-state index in [0.717, 1.165) is 11.3 Å². The van der Waals surface area contributed by atoms with Crippen molar-refractivity contribution in [1.29, 1.82) is 0 Å². The summed E-state index contributed by atoms with van der Waals surface area (Å²) in [7, 11) is 0. The summed E-state index contributed by atoms with van der Waals surface area (Å²) in [6.07, 6.45) is -4.76. The van der Waals surface area contributed by atoms with Gasteiger partial charge in [0.15, 0.2) is 5.13 Å². The van der Waals surface area contributed by atoms with Crippen LogP contribution in [-0.2, 0) is 6.54 Å². The molecule has 1 aliphatic heterocycles. The molecule has 144 valence electrons. The van der Waals surface area contributed by atoms with Gasteiger partial charge in [-0.05, 0) is 24.6 Å². The molecule has 0 atom stereocenters. The molecule has 0 spiro atoms. The van der Waals surface area contributed by atoms with E-state index in [1.54, 1.807) is 6.92 Å². The average Bonchev–Trinajstić information content (AvgIpc) is 3.11. The van der Waals surface area contributed by atoms with Crippen molar-refractivity contribution >= 4 is 28.5 Å². The van der Waals surface area contributed by atoms with Crippen LogP contribution in [0.25, 0.3) is 0 Å². The van der Waals surface area contributed by atoms with Crippen molar-refractivity contribution < 1.29 is 32.6 Å². The molecule has 0 saturated carbocycles. The number of benzene rings is 1. The average molecular weight is 401 g/mol. The van der Waals surface area contributed by atoms with E-state index in [1.807, 2.05) is 0 Å². The van der Waals surface area contributed by atoms with Gasteiger partial charge < -0.3 is 14.7 Å². The first kappa shape index (κ1) is 19.0. The zero-order chi connectivity index (χ0) is 19.8. The number of carbonyl (C=O) groups is 2. The molecule has 0 aliphatic carbocycles. The molecule has 27 heavy (non-hydrogen) atoms. The van der Waals surface area contributed by atoms with Gasteiger partial charge in [0.1, 0.15) is 10.6 Å². The smallest absolute Gasteiger partial charge is 0.477 e. The first-order valence-electron chi connectivity index (χ1n) is 7.76. The molecule has 1 aromatic heterocycles. The van der Waals surface area contributed by atoms with Crippen molar-refractivity contribution in [1.82, 2.24) is 9.88 Å². The van der Waals surface area contributed by atoms with E-state index in [4.69, 9.17) is 5.11 Å². The predicted molar refractivity (Wildman–Crippen MR) is 90.1 cm³/mol. The summed E-state index contributed by atoms with van der Waals surface area (Å²) in [5.41, 5.74) is 0.982. The van der Waals surface area contributed by atoms with Crippen molar-refractivity contribution in [3.05, 3.63) is 40.4 Å². The van der Waals surface area contributed by atoms with Gasteiger partial charge in [-0.1, -0.05) is 23.5 Å². The molecule has 1 saturated heterocycles. The second-order valence-electron chi connectivity index (χ2n) is 5.76. The van der Waals surface area contributed by atoms with Gasteiger partial charge in [-0.2, -0.15) is 0 Å². The molecule has 0 unspecified atom stereocenters. The number of carbonyl (C=O) groups excluding carboxylic acids is 1. The van der Waals surface area contributed by atoms with E-state index in [2.05, 4.69) is 9.72 Å². The molecule has 3 rings (SSSR count). The molecule has 1 aromatic carbocycles. The lowest BCUT2D eigenvalue weighted by molar-refractivity contribution is -0.274. The number of anilines is 1. The highest BCUT2D eigenvalue weighted by molar-refractivity contribution is 7.17. The topological polar surface area (TPSA) is 83.0 Å². The standard InChI is InChI=1S/C16H14F3N3O4S/c1-9-12(13(23)24)27-14(20-9)22-7-6-21(15(22)25)8-10-2-4-11(5-3-10)26-16(17,18)19/h2-5H,6-8H2,1H3,(H,23,24). The summed E-state index contributed by atoms with van der Waals surface area (Å²) >= 11 is 0.929. The van der Waals surface area contributed by atoms with Crippen molar-refractivity contribution in [2.75, 3.05) is 18.0 Å². The van der Waals surface area contributed by atoms with E-state index in [-0.39, 0.29) is 23.2 Å². The third-order valence-electron chi connectivity index (χ3n) is 3.84. The van der Waals surface area contributed by atoms with Crippen LogP contribution < -0.4 is 9.64 Å². The Morgan fingerprint density at radius 1 is 1.30 bits per heavy atom. The zero-order valence-electron chi connectivity index (χ0n) is 14.0. The number of amides is 2. The fourth-order valence-electron chi connectivity index (χ4n) is 2.62. The van der Waals surface area contributed by atoms with Crippen molar-refractivity contribution in [2.24, 2.45) is 0 Å². The van der Waals surface area contributed by atoms with Crippen molar-refractivity contribution in [2.45, 2.75) is 19.8 Å². The van der Waals surface area contributed by atoms with Gasteiger partial charge in [0.25, 0.3) is 0 Å². The fraction of sp³-hybridized carbons (Fsp3) is 0.312. The number of hydrogen-bond donors (Lipinski definition) is 1. The molecule has 1 fully saturated rings. The summed E-state index contributed by atoms with van der Waals surface area (Å²) in [5, 5.41) is 9.41. The summed E-state index contributed by atoms with van der Waals surface area (Å²) in [4.78, 5) is 30.8. The van der Waals surface area contributed by atoms with Gasteiger partial charge in [0, 0.05) is 19.6 Å². The van der Waals surface area contributed by atoms with Crippen LogP contribution in [0.3, 0.4) is 0 Å². The lowest BCUT2D eigenvalue weighted by atomic mass is 10.2. The molecule has 2 amide bonds. The minimum atomic E-state index is -4.76. The van der Waals surface area contributed by atoms with Crippen molar-refractivity contribution in [3.8, 4) is 5.75 Å². The number of carboxylic acids is 1. The number of urea groups is 1. The van der Waals surface area contributed by atoms with Gasteiger partial charge in [0.2, 0.25) is 0 Å². The zero-order valence-corrected chi connectivity index (χ0v) is 14.8. The van der Waals surface area contributed by atoms with E-state index in [9.17, 15) is 22.8 Å². The Balaban J connectivity index is 1.67. The molecule has 0 bridgehead atoms. The Bertz CT molecular complexity index is 867. The number of aryl methyl sites for hydroxylation is 1. The normalized spacial score (nSPS) is 14.7. The molecule has 7 nitrogen and oxygen atoms in total. The third kappa shape index (κ3) is 4.30. The fourth-order valence-corrected chi connectivity index (χ4v) is 3.55. The van der Waals surface area contributed by atoms with Crippen LogP contribution in [0.2, 0.25) is 0 Å². The highest BCUT2D eigenvalue weighted by Crippen LogP contribution is 2.29. The van der Waals surface area contributed by atoms with Gasteiger partial charge in [-0.3, -0.25) is 4.90 Å². The van der Waals surface area contributed by atoms with E-state index in [1.165, 1.54) is 34.1 Å². The number of aromatic carboxylic acids is 1. The minimum Gasteiger partial charge on any atom is -0.477 e. The number of alkyl halides is 3. The number of carboxylic acid groups (broad SMARTS) is 1. The second kappa shape index (κ2) is 7.06. The SMILES string of the molecule is Cc1nc(N2CCN(Cc3ccc(OC(F)(F)F)cc3)C2=O)sc1C(=O)O. The van der Waals surface area contributed by atoms with Gasteiger partial charge in [-0.15, -0.1) is 13.2 Å². The molecule has 0 radical (unpaired) electrons. The van der Waals surface area contributed by atoms with Crippen LogP contribution in [0.1, 0.15) is 20.9 Å². The Morgan fingerprint density at radius 3 is 2.52 bits per heavy atom. The van der Waals surface area contributed by atoms with Crippen LogP contribution in [0.15, 0.2) is 24.3 Å². The molecule has 1 N–H and O–H groups in total. The number of thiazole rings is 1. The second-order valence-corrected chi connectivity index (χ2v) is 6.74. The van der Waals surface area contributed by atoms with Gasteiger partial charge in [-0.25, -0.2) is 14.6 Å². The number of rotatable bonds is 5. The maximum absolute atomic E-state index is 12.6. The van der Waals surface area contributed by atoms with Gasteiger partial charge >= 0.3 is 18.4 Å². The quantitative estimate of drug-likeness (QED) is 0.829. The molecular weight excluding hydrogens is 387 g/mol. The maximum Gasteiger partial charge on any atom is 0.573 e. The molecule has 11 heteroatoms. The van der Waals surface area contributed by atoms with Crippen LogP contribution in [0, 0.1) is 6.92 Å². The lowest BCUT2D eigenvalue weighted by Crippen LogP contribution is -2.31. The molecule has 2 aromatic rings. The maximum atomic E-state index is 12.6. The van der Waals surface area contributed by atoms with E-state index >= 15 is 0 Å². The Morgan fingerprint density at radius 2 is 1.96 bits per heavy atom. The summed E-state index contributed by atoms with van der Waals surface area (Å²) in [6, 6.07) is 4.94.